The molecule has 1 aromatic heterocycles. The lowest BCUT2D eigenvalue weighted by atomic mass is 9.78. The van der Waals surface area contributed by atoms with Crippen LogP contribution in [0.4, 0.5) is 15.8 Å². The molecule has 0 radical (unpaired) electrons. The first kappa shape index (κ1) is 58.8. The van der Waals surface area contributed by atoms with E-state index in [0.717, 1.165) is 18.9 Å². The summed E-state index contributed by atoms with van der Waals surface area (Å²) in [6.07, 6.45) is 7.95. The Bertz CT molecular complexity index is 3640. The van der Waals surface area contributed by atoms with Gasteiger partial charge in [-0.1, -0.05) is 45.9 Å². The third-order valence-corrected chi connectivity index (χ3v) is 18.0. The number of piperidine rings is 1. The van der Waals surface area contributed by atoms with Crippen LogP contribution in [0, 0.1) is 42.3 Å². The van der Waals surface area contributed by atoms with E-state index < -0.39 is 111 Å². The van der Waals surface area contributed by atoms with Crippen molar-refractivity contribution in [3.05, 3.63) is 91.8 Å². The fourth-order valence-corrected chi connectivity index (χ4v) is 13.0. The zero-order valence-electron chi connectivity index (χ0n) is 48.3. The zero-order valence-corrected chi connectivity index (χ0v) is 48.3. The van der Waals surface area contributed by atoms with Crippen molar-refractivity contribution in [2.45, 2.75) is 129 Å². The number of aliphatic hydroxyl groups excluding tert-OH is 2. The number of amides is 1. The number of benzene rings is 3. The lowest BCUT2D eigenvalue weighted by molar-refractivity contribution is -0.160. The van der Waals surface area contributed by atoms with Crippen molar-refractivity contribution in [3.63, 3.8) is 0 Å². The number of likely N-dealkylation sites (tertiary alicyclic amines) is 1. The molecular formula is C61H73FN6O15. The minimum Gasteiger partial charge on any atom is -0.507 e. The number of aromatic carboxylic acids is 1. The molecule has 1 spiro atoms. The molecule has 4 bridgehead atoms. The standard InChI is InChI=1S/C61H73FN6O15/c1-28-12-11-13-29(2)58(76)63-46-45-44(41-42(53(46)74)51(72)33(6)55-43(41)57(75)60(8,83-55)81-23-17-40(79-9)30(3)54(82-34(7)69)32(5)50(71)31(4)49(28)70)64-61(65-45)18-21-66(22-19-61)25-35-16-20-67(26-35)48-39(62)24-37-47(56(48)80-10)68(36-14-15-36)27-38(52(37)73)59(77)78/h11-13,17,23-24,27-28,30-32,35-36,40,49-50,54,70-72,74H,14-16,18-22,25-26H2,1-10H3,(H,63,76)(H,77,78)/b12-11+,23-17+,29-13-/t28-,30+,31+,32+,35?,40-,49-,50+,54+,60-/m0/s1. The van der Waals surface area contributed by atoms with Crippen molar-refractivity contribution in [2.24, 2.45) is 39.6 Å². The number of carbonyl (C=O) groups excluding carboxylic acids is 3. The van der Waals surface area contributed by atoms with Gasteiger partial charge in [0.05, 0.1) is 58.9 Å². The summed E-state index contributed by atoms with van der Waals surface area (Å²) in [5.74, 6) is -9.37. The number of methoxy groups -OCH3 is 2. The number of carboxylic acids is 1. The Balaban J connectivity index is 0.986. The average Bonchev–Trinajstić information content (AvgIpc) is 1.79. The molecule has 83 heavy (non-hydrogen) atoms. The number of Topliss-reactive ketones (excluding diaryl/α,β-unsaturated/α-hetero) is 1. The highest BCUT2D eigenvalue weighted by Crippen LogP contribution is 2.51. The van der Waals surface area contributed by atoms with Gasteiger partial charge in [0.2, 0.25) is 5.43 Å². The predicted molar refractivity (Wildman–Crippen MR) is 303 cm³/mol. The summed E-state index contributed by atoms with van der Waals surface area (Å²) in [6, 6.07) is 1.08. The van der Waals surface area contributed by atoms with Crippen molar-refractivity contribution in [1.82, 2.24) is 9.47 Å². The van der Waals surface area contributed by atoms with Crippen LogP contribution in [0.3, 0.4) is 0 Å². The van der Waals surface area contributed by atoms with Gasteiger partial charge in [-0.05, 0) is 51.2 Å². The number of hydrogen-bond donors (Lipinski definition) is 6. The number of carbonyl (C=O) groups is 4. The summed E-state index contributed by atoms with van der Waals surface area (Å²) in [4.78, 5) is 81.9. The Kier molecular flexibility index (Phi) is 15.8. The Morgan fingerprint density at radius 3 is 2.27 bits per heavy atom. The smallest absolute Gasteiger partial charge is 0.341 e. The maximum atomic E-state index is 16.3. The van der Waals surface area contributed by atoms with Gasteiger partial charge >= 0.3 is 17.7 Å². The number of pyridine rings is 1. The van der Waals surface area contributed by atoms with E-state index in [1.165, 1.54) is 59.6 Å². The minimum absolute atomic E-state index is 0.0207. The number of halogens is 1. The molecule has 1 aliphatic carbocycles. The Labute approximate surface area is 478 Å². The molecule has 3 fully saturated rings. The second-order valence-corrected chi connectivity index (χ2v) is 23.6. The van der Waals surface area contributed by atoms with Gasteiger partial charge in [-0.2, -0.15) is 0 Å². The van der Waals surface area contributed by atoms with Gasteiger partial charge in [0.15, 0.2) is 23.0 Å². The van der Waals surface area contributed by atoms with Crippen LogP contribution in [0.5, 0.6) is 23.0 Å². The van der Waals surface area contributed by atoms with Crippen molar-refractivity contribution in [2.75, 3.05) is 57.2 Å². The fourth-order valence-electron chi connectivity index (χ4n) is 13.0. The molecule has 10 rings (SSSR count). The molecular weight excluding hydrogens is 1080 g/mol. The highest BCUT2D eigenvalue weighted by atomic mass is 19.1. The van der Waals surface area contributed by atoms with Gasteiger partial charge in [0, 0.05) is 119 Å². The highest BCUT2D eigenvalue weighted by Gasteiger charge is 2.50. The summed E-state index contributed by atoms with van der Waals surface area (Å²) in [6.45, 7) is 15.3. The maximum Gasteiger partial charge on any atom is 0.341 e. The van der Waals surface area contributed by atoms with E-state index in [9.17, 15) is 44.7 Å². The molecule has 22 heteroatoms. The number of aromatic hydroxyl groups is 2. The molecule has 444 valence electrons. The van der Waals surface area contributed by atoms with E-state index in [1.807, 2.05) is 4.90 Å². The number of fused-ring (bicyclic) bond motifs is 2. The first-order chi connectivity index (χ1) is 39.3. The summed E-state index contributed by atoms with van der Waals surface area (Å²) in [5.41, 5.74) is -1.66. The number of anilines is 2. The first-order valence-electron chi connectivity index (χ1n) is 28.3. The summed E-state index contributed by atoms with van der Waals surface area (Å²) in [7, 11) is 2.86. The van der Waals surface area contributed by atoms with Gasteiger partial charge in [0.25, 0.3) is 11.7 Å². The van der Waals surface area contributed by atoms with Crippen LogP contribution >= 0.6 is 0 Å². The topological polar surface area (TPSA) is 281 Å². The van der Waals surface area contributed by atoms with E-state index in [2.05, 4.69) is 10.2 Å². The Hall–Kier alpha value is -7.40. The summed E-state index contributed by atoms with van der Waals surface area (Å²) < 4.78 is 48.1. The molecule has 1 amide bonds. The molecule has 1 saturated carbocycles. The molecule has 5 aliphatic heterocycles. The number of rotatable bonds is 8. The largest absolute Gasteiger partial charge is 0.507 e. The van der Waals surface area contributed by atoms with E-state index >= 15 is 9.18 Å². The number of nitrogens with zero attached hydrogens (tertiary/aromatic N) is 5. The number of ketones is 1. The first-order valence-corrected chi connectivity index (χ1v) is 28.3. The second kappa shape index (κ2) is 22.3. The quantitative estimate of drug-likeness (QED) is 0.0857. The molecule has 21 nitrogen and oxygen atoms in total. The van der Waals surface area contributed by atoms with Crippen molar-refractivity contribution >= 4 is 56.7 Å². The third kappa shape index (κ3) is 10.4. The monoisotopic (exact) mass is 1150 g/mol. The number of ether oxygens (including phenoxy) is 5. The predicted octanol–water partition coefficient (Wildman–Crippen LogP) is 6.12. The third-order valence-electron chi connectivity index (χ3n) is 18.0. The number of hydrogen-bond acceptors (Lipinski definition) is 18. The van der Waals surface area contributed by atoms with Gasteiger partial charge < -0.3 is 68.9 Å². The molecule has 6 heterocycles. The molecule has 2 saturated heterocycles. The van der Waals surface area contributed by atoms with E-state index in [4.69, 9.17) is 33.7 Å². The summed E-state index contributed by atoms with van der Waals surface area (Å²) >= 11 is 0. The lowest BCUT2D eigenvalue weighted by Gasteiger charge is -2.38. The zero-order chi connectivity index (χ0) is 59.9. The number of nitrogens with one attached hydrogen (secondary N) is 1. The van der Waals surface area contributed by atoms with E-state index in [-0.39, 0.29) is 78.4 Å². The minimum atomic E-state index is -2.05. The number of phenolic OH excluding ortho intramolecular Hbond substituents is 2. The SMILES string of the molecule is COc1c(N2CCC(CN3CCC4(CC3)N=c3c5c(O)c6c(O)c(C)c7c(c6c3=N4)C(=O)[C@@](C)(O/C=C/[C@H](OC)[C@@H](C)[C@@H](OC(C)=O)[C@H](C)[C@H](O)[C@H](C)[C@@H](O)[C@@H](C)/C=C/C=C(/C)C(=O)N5)O7)C2)c(F)cc2c(=O)c(C(=O)O)cn(C3CC3)c12. The van der Waals surface area contributed by atoms with Crippen LogP contribution in [-0.4, -0.2) is 141 Å². The average molecular weight is 1150 g/mol. The Morgan fingerprint density at radius 1 is 0.916 bits per heavy atom. The van der Waals surface area contributed by atoms with E-state index in [0.29, 0.717) is 57.5 Å². The van der Waals surface area contributed by atoms with Crippen LogP contribution in [0.25, 0.3) is 21.7 Å². The normalized spacial score (nSPS) is 29.8. The number of aromatic nitrogens is 1. The van der Waals surface area contributed by atoms with Gasteiger partial charge in [0.1, 0.15) is 39.9 Å². The molecule has 3 aromatic carbocycles. The number of esters is 1. The number of aliphatic hydroxyl groups is 2. The van der Waals surface area contributed by atoms with E-state index in [1.54, 1.807) is 51.3 Å². The number of allylic oxidation sites excluding steroid dienone is 2. The van der Waals surface area contributed by atoms with Crippen LogP contribution in [0.2, 0.25) is 0 Å². The molecule has 1 unspecified atom stereocenters. The van der Waals surface area contributed by atoms with Gasteiger partial charge in [-0.15, -0.1) is 0 Å². The van der Waals surface area contributed by atoms with Gasteiger partial charge in [-0.25, -0.2) is 9.18 Å². The Morgan fingerprint density at radius 2 is 1.61 bits per heavy atom. The van der Waals surface area contributed by atoms with Crippen LogP contribution in [0.15, 0.2) is 63.2 Å². The van der Waals surface area contributed by atoms with Crippen LogP contribution < -0.4 is 35.8 Å². The lowest BCUT2D eigenvalue weighted by Crippen LogP contribution is -2.46. The highest BCUT2D eigenvalue weighted by molar-refractivity contribution is 6.19. The van der Waals surface area contributed by atoms with Gasteiger partial charge in [-0.3, -0.25) is 29.2 Å². The maximum absolute atomic E-state index is 16.3. The molecule has 6 N–H and O–H groups in total. The van der Waals surface area contributed by atoms with Crippen molar-refractivity contribution in [3.8, 4) is 23.0 Å². The number of phenols is 2. The molecule has 10 atom stereocenters. The van der Waals surface area contributed by atoms with Crippen LogP contribution in [0.1, 0.15) is 113 Å². The fraction of sp³-hybridized carbons (Fsp3) is 0.525. The summed E-state index contributed by atoms with van der Waals surface area (Å²) in [5, 5.41) is 60.4. The van der Waals surface area contributed by atoms with Crippen molar-refractivity contribution in [1.29, 1.82) is 0 Å². The van der Waals surface area contributed by atoms with Crippen molar-refractivity contribution < 1.29 is 72.8 Å². The molecule has 6 aliphatic rings. The molecule has 4 aromatic rings. The van der Waals surface area contributed by atoms with Crippen LogP contribution in [-0.2, 0) is 23.8 Å². The number of carboxylic acid groups (broad SMARTS) is 1. The second-order valence-electron chi connectivity index (χ2n) is 23.6.